The number of rotatable bonds is 2. The topological polar surface area (TPSA) is 54.0 Å². The Morgan fingerprint density at radius 1 is 1.29 bits per heavy atom. The van der Waals surface area contributed by atoms with Crippen LogP contribution in [0, 0.1) is 11.8 Å². The maximum absolute atomic E-state index is 12.5. The number of anilines is 1. The van der Waals surface area contributed by atoms with E-state index in [0.717, 1.165) is 23.1 Å². The molecule has 0 spiro atoms. The van der Waals surface area contributed by atoms with Crippen molar-refractivity contribution in [3.05, 3.63) is 36.5 Å². The number of hydrogen-bond acceptors (Lipinski definition) is 3. The Balaban J connectivity index is 1.52. The minimum Gasteiger partial charge on any atom is -0.323 e. The highest BCUT2D eigenvalue weighted by atomic mass is 16.2. The Labute approximate surface area is 124 Å². The number of nitrogens with zero attached hydrogens (tertiary/aromatic N) is 1. The number of carbonyl (C=O) groups excluding carboxylic acids is 1. The van der Waals surface area contributed by atoms with Crippen LogP contribution in [0.1, 0.15) is 19.3 Å². The number of carbonyl (C=O) groups is 1. The summed E-state index contributed by atoms with van der Waals surface area (Å²) in [5.41, 5.74) is 1.73. The third-order valence-corrected chi connectivity index (χ3v) is 4.89. The highest BCUT2D eigenvalue weighted by molar-refractivity contribution is 5.96. The van der Waals surface area contributed by atoms with Crippen molar-refractivity contribution in [3.63, 3.8) is 0 Å². The molecule has 1 aromatic carbocycles. The SMILES string of the molecule is O=C(Nc1cnc2ccccc2c1)C1NCC2CCCC21. The number of para-hydroxylation sites is 1. The largest absolute Gasteiger partial charge is 0.323 e. The Hall–Kier alpha value is -1.94. The Bertz CT molecular complexity index is 685. The molecule has 108 valence electrons. The van der Waals surface area contributed by atoms with Crippen LogP contribution in [0.2, 0.25) is 0 Å². The van der Waals surface area contributed by atoms with Crippen LogP contribution in [0.4, 0.5) is 5.69 Å². The molecule has 3 atom stereocenters. The molecule has 0 bridgehead atoms. The van der Waals surface area contributed by atoms with E-state index in [-0.39, 0.29) is 11.9 Å². The van der Waals surface area contributed by atoms with Crippen molar-refractivity contribution in [2.75, 3.05) is 11.9 Å². The van der Waals surface area contributed by atoms with Gasteiger partial charge in [-0.15, -0.1) is 0 Å². The predicted molar refractivity (Wildman–Crippen MR) is 83.0 cm³/mol. The number of benzene rings is 1. The number of fused-ring (bicyclic) bond motifs is 2. The van der Waals surface area contributed by atoms with Crippen LogP contribution in [0.25, 0.3) is 10.9 Å². The molecule has 1 aromatic heterocycles. The van der Waals surface area contributed by atoms with E-state index in [1.807, 2.05) is 30.3 Å². The zero-order valence-corrected chi connectivity index (χ0v) is 11.9. The molecule has 0 radical (unpaired) electrons. The van der Waals surface area contributed by atoms with Gasteiger partial charge in [-0.25, -0.2) is 0 Å². The summed E-state index contributed by atoms with van der Waals surface area (Å²) in [7, 11) is 0. The Morgan fingerprint density at radius 2 is 2.19 bits per heavy atom. The van der Waals surface area contributed by atoms with Crippen molar-refractivity contribution in [2.45, 2.75) is 25.3 Å². The molecule has 4 nitrogen and oxygen atoms in total. The number of hydrogen-bond donors (Lipinski definition) is 2. The maximum atomic E-state index is 12.5. The van der Waals surface area contributed by atoms with E-state index >= 15 is 0 Å². The molecule has 1 aliphatic carbocycles. The predicted octanol–water partition coefficient (Wildman–Crippen LogP) is 2.56. The van der Waals surface area contributed by atoms with E-state index in [1.165, 1.54) is 19.3 Å². The fourth-order valence-electron chi connectivity index (χ4n) is 3.83. The molecule has 4 heteroatoms. The first-order chi connectivity index (χ1) is 10.3. The molecular weight excluding hydrogens is 262 g/mol. The Morgan fingerprint density at radius 3 is 3.14 bits per heavy atom. The summed E-state index contributed by atoms with van der Waals surface area (Å²) >= 11 is 0. The molecule has 1 aliphatic heterocycles. The van der Waals surface area contributed by atoms with E-state index in [4.69, 9.17) is 0 Å². The van der Waals surface area contributed by atoms with Gasteiger partial charge >= 0.3 is 0 Å². The van der Waals surface area contributed by atoms with Crippen molar-refractivity contribution < 1.29 is 4.79 Å². The second-order valence-corrected chi connectivity index (χ2v) is 6.15. The fourth-order valence-corrected chi connectivity index (χ4v) is 3.83. The molecule has 4 rings (SSSR count). The van der Waals surface area contributed by atoms with E-state index < -0.39 is 0 Å². The number of pyridine rings is 1. The second kappa shape index (κ2) is 5.11. The molecule has 2 fully saturated rings. The summed E-state index contributed by atoms with van der Waals surface area (Å²) < 4.78 is 0. The molecule has 2 heterocycles. The molecule has 1 amide bonds. The van der Waals surface area contributed by atoms with Crippen molar-refractivity contribution in [1.82, 2.24) is 10.3 Å². The fraction of sp³-hybridized carbons (Fsp3) is 0.412. The molecule has 1 saturated carbocycles. The van der Waals surface area contributed by atoms with Crippen molar-refractivity contribution in [3.8, 4) is 0 Å². The van der Waals surface area contributed by atoms with Gasteiger partial charge in [0.15, 0.2) is 0 Å². The van der Waals surface area contributed by atoms with Crippen LogP contribution in [-0.2, 0) is 4.79 Å². The van der Waals surface area contributed by atoms with E-state index in [1.54, 1.807) is 6.20 Å². The monoisotopic (exact) mass is 281 g/mol. The minimum absolute atomic E-state index is 0.0380. The summed E-state index contributed by atoms with van der Waals surface area (Å²) in [5.74, 6) is 1.29. The third kappa shape index (κ3) is 2.29. The first-order valence-corrected chi connectivity index (χ1v) is 7.70. The van der Waals surface area contributed by atoms with Crippen molar-refractivity contribution in [2.24, 2.45) is 11.8 Å². The van der Waals surface area contributed by atoms with Crippen LogP contribution >= 0.6 is 0 Å². The molecule has 2 aliphatic rings. The van der Waals surface area contributed by atoms with Gasteiger partial charge in [0.25, 0.3) is 0 Å². The van der Waals surface area contributed by atoms with Gasteiger partial charge in [0, 0.05) is 5.39 Å². The lowest BCUT2D eigenvalue weighted by Gasteiger charge is -2.17. The lowest BCUT2D eigenvalue weighted by molar-refractivity contribution is -0.118. The Kier molecular flexibility index (Phi) is 3.11. The second-order valence-electron chi connectivity index (χ2n) is 6.15. The average molecular weight is 281 g/mol. The zero-order valence-electron chi connectivity index (χ0n) is 11.9. The van der Waals surface area contributed by atoms with Gasteiger partial charge < -0.3 is 10.6 Å². The summed E-state index contributed by atoms with van der Waals surface area (Å²) in [6.07, 6.45) is 5.43. The smallest absolute Gasteiger partial charge is 0.241 e. The van der Waals surface area contributed by atoms with Crippen molar-refractivity contribution in [1.29, 1.82) is 0 Å². The molecular formula is C17H19N3O. The summed E-state index contributed by atoms with van der Waals surface area (Å²) in [6, 6.07) is 9.89. The van der Waals surface area contributed by atoms with Gasteiger partial charge in [-0.05, 0) is 43.4 Å². The highest BCUT2D eigenvalue weighted by Gasteiger charge is 2.42. The minimum atomic E-state index is -0.0380. The van der Waals surface area contributed by atoms with Crippen LogP contribution in [0.5, 0.6) is 0 Å². The molecule has 1 saturated heterocycles. The van der Waals surface area contributed by atoms with Gasteiger partial charge in [0.05, 0.1) is 23.4 Å². The molecule has 3 unspecified atom stereocenters. The summed E-state index contributed by atoms with van der Waals surface area (Å²) in [6.45, 7) is 0.985. The third-order valence-electron chi connectivity index (χ3n) is 4.89. The van der Waals surface area contributed by atoms with Crippen LogP contribution < -0.4 is 10.6 Å². The highest BCUT2D eigenvalue weighted by Crippen LogP contribution is 2.38. The number of aromatic nitrogens is 1. The van der Waals surface area contributed by atoms with Gasteiger partial charge in [-0.3, -0.25) is 9.78 Å². The van der Waals surface area contributed by atoms with Crippen LogP contribution in [0.3, 0.4) is 0 Å². The summed E-state index contributed by atoms with van der Waals surface area (Å²) in [5, 5.41) is 7.46. The van der Waals surface area contributed by atoms with Gasteiger partial charge in [-0.2, -0.15) is 0 Å². The van der Waals surface area contributed by atoms with E-state index in [2.05, 4.69) is 15.6 Å². The summed E-state index contributed by atoms with van der Waals surface area (Å²) in [4.78, 5) is 16.9. The quantitative estimate of drug-likeness (QED) is 0.889. The van der Waals surface area contributed by atoms with E-state index in [0.29, 0.717) is 11.8 Å². The van der Waals surface area contributed by atoms with Crippen LogP contribution in [-0.4, -0.2) is 23.5 Å². The first kappa shape index (κ1) is 12.8. The lowest BCUT2D eigenvalue weighted by atomic mass is 9.93. The molecule has 2 aromatic rings. The van der Waals surface area contributed by atoms with Crippen molar-refractivity contribution >= 4 is 22.5 Å². The van der Waals surface area contributed by atoms with Gasteiger partial charge in [-0.1, -0.05) is 24.6 Å². The van der Waals surface area contributed by atoms with Gasteiger partial charge in [0.2, 0.25) is 5.91 Å². The standard InChI is InChI=1S/C17H19N3O/c21-17(16-14-6-3-5-12(14)9-19-16)20-13-8-11-4-1-2-7-15(11)18-10-13/h1-2,4,7-8,10,12,14,16,19H,3,5-6,9H2,(H,20,21). The van der Waals surface area contributed by atoms with E-state index in [9.17, 15) is 4.79 Å². The average Bonchev–Trinajstić information content (AvgIpc) is 3.09. The van der Waals surface area contributed by atoms with Gasteiger partial charge in [0.1, 0.15) is 0 Å². The normalized spacial score (nSPS) is 27.7. The zero-order chi connectivity index (χ0) is 14.2. The maximum Gasteiger partial charge on any atom is 0.241 e. The lowest BCUT2D eigenvalue weighted by Crippen LogP contribution is -2.39. The van der Waals surface area contributed by atoms with Crippen LogP contribution in [0.15, 0.2) is 36.5 Å². The first-order valence-electron chi connectivity index (χ1n) is 7.70. The molecule has 2 N–H and O–H groups in total. The number of nitrogens with one attached hydrogen (secondary N) is 2. The number of amides is 1. The molecule has 21 heavy (non-hydrogen) atoms.